The van der Waals surface area contributed by atoms with Crippen molar-refractivity contribution in [3.8, 4) is 0 Å². The fourth-order valence-electron chi connectivity index (χ4n) is 3.27. The Bertz CT molecular complexity index is 1300. The van der Waals surface area contributed by atoms with E-state index in [2.05, 4.69) is 20.9 Å². The van der Waals surface area contributed by atoms with Crippen molar-refractivity contribution >= 4 is 36.9 Å². The molecule has 1 aromatic carbocycles. The topological polar surface area (TPSA) is 96.0 Å². The molecule has 0 saturated heterocycles. The second-order valence-corrected chi connectivity index (χ2v) is 10.1. The third-order valence-corrected chi connectivity index (χ3v) is 7.36. The number of fused-ring (bicyclic) bond motifs is 1. The molecule has 3 aromatic rings. The molecule has 0 radical (unpaired) electrons. The minimum Gasteiger partial charge on any atom is -0.312 e. The molecule has 1 aliphatic carbocycles. The van der Waals surface area contributed by atoms with Gasteiger partial charge in [-0.1, -0.05) is 28.1 Å². The SMILES string of the molecule is Cn1c(=O)c2c(nc(S(=O)(=O)CC3CC3)n2C)n(Cc2ccc(Br)cc2)c1=O. The van der Waals surface area contributed by atoms with Crippen molar-refractivity contribution < 1.29 is 8.42 Å². The van der Waals surface area contributed by atoms with Crippen molar-refractivity contribution in [3.63, 3.8) is 0 Å². The lowest BCUT2D eigenvalue weighted by atomic mass is 10.2. The Morgan fingerprint density at radius 3 is 2.36 bits per heavy atom. The summed E-state index contributed by atoms with van der Waals surface area (Å²) in [5, 5.41) is -0.165. The maximum absolute atomic E-state index is 12.8. The summed E-state index contributed by atoms with van der Waals surface area (Å²) in [5.74, 6) is 0.166. The van der Waals surface area contributed by atoms with Gasteiger partial charge in [-0.2, -0.15) is 4.98 Å². The van der Waals surface area contributed by atoms with Crippen molar-refractivity contribution in [2.75, 3.05) is 5.75 Å². The first-order valence-corrected chi connectivity index (χ1v) is 11.3. The van der Waals surface area contributed by atoms with E-state index in [4.69, 9.17) is 0 Å². The molecule has 4 rings (SSSR count). The van der Waals surface area contributed by atoms with E-state index in [1.54, 1.807) is 0 Å². The van der Waals surface area contributed by atoms with Crippen molar-refractivity contribution in [3.05, 3.63) is 55.1 Å². The first-order chi connectivity index (χ1) is 13.2. The van der Waals surface area contributed by atoms with Crippen molar-refractivity contribution in [1.82, 2.24) is 18.7 Å². The normalized spacial score (nSPS) is 14.7. The van der Waals surface area contributed by atoms with E-state index in [1.807, 2.05) is 24.3 Å². The molecular formula is C18H19BrN4O4S. The second kappa shape index (κ2) is 6.70. The quantitative estimate of drug-likeness (QED) is 0.566. The number of rotatable bonds is 5. The lowest BCUT2D eigenvalue weighted by Gasteiger charge is -2.09. The molecule has 0 aliphatic heterocycles. The van der Waals surface area contributed by atoms with Crippen LogP contribution in [-0.4, -0.2) is 32.9 Å². The molecule has 148 valence electrons. The highest BCUT2D eigenvalue weighted by molar-refractivity contribution is 9.10. The largest absolute Gasteiger partial charge is 0.332 e. The molecule has 0 amide bonds. The minimum absolute atomic E-state index is 0.0153. The average molecular weight is 467 g/mol. The van der Waals surface area contributed by atoms with Gasteiger partial charge in [-0.25, -0.2) is 13.2 Å². The van der Waals surface area contributed by atoms with Gasteiger partial charge in [0.2, 0.25) is 15.0 Å². The lowest BCUT2D eigenvalue weighted by molar-refractivity contribution is 0.576. The highest BCUT2D eigenvalue weighted by atomic mass is 79.9. The Morgan fingerprint density at radius 2 is 1.75 bits per heavy atom. The molecule has 1 saturated carbocycles. The van der Waals surface area contributed by atoms with Crippen LogP contribution in [0, 0.1) is 5.92 Å². The first kappa shape index (κ1) is 19.1. The number of hydrogen-bond acceptors (Lipinski definition) is 5. The molecule has 1 fully saturated rings. The number of halogens is 1. The molecule has 0 bridgehead atoms. The zero-order valence-electron chi connectivity index (χ0n) is 15.4. The average Bonchev–Trinajstić information content (AvgIpc) is 3.37. The van der Waals surface area contributed by atoms with Gasteiger partial charge < -0.3 is 4.57 Å². The highest BCUT2D eigenvalue weighted by Gasteiger charge is 2.33. The van der Waals surface area contributed by atoms with Gasteiger partial charge in [-0.05, 0) is 36.5 Å². The van der Waals surface area contributed by atoms with Gasteiger partial charge in [0.25, 0.3) is 5.56 Å². The van der Waals surface area contributed by atoms with Crippen LogP contribution in [0.2, 0.25) is 0 Å². The molecule has 0 atom stereocenters. The summed E-state index contributed by atoms with van der Waals surface area (Å²) in [5.41, 5.74) is -0.0700. The van der Waals surface area contributed by atoms with E-state index >= 15 is 0 Å². The minimum atomic E-state index is -3.65. The van der Waals surface area contributed by atoms with Crippen molar-refractivity contribution in [2.24, 2.45) is 20.0 Å². The first-order valence-electron chi connectivity index (χ1n) is 8.82. The molecule has 0 spiro atoms. The summed E-state index contributed by atoms with van der Waals surface area (Å²) < 4.78 is 30.1. The number of imidazole rings is 1. The van der Waals surface area contributed by atoms with E-state index in [0.29, 0.717) is 0 Å². The standard InChI is InChI=1S/C18H19BrN4O4S/c1-21-14-15(20-17(21)28(26,27)10-12-3-4-12)23(18(25)22(2)16(14)24)9-11-5-7-13(19)8-6-11/h5-8,12H,3-4,9-10H2,1-2H3. The Hall–Kier alpha value is -2.20. The molecule has 2 heterocycles. The van der Waals surface area contributed by atoms with Crippen LogP contribution in [0.15, 0.2) is 43.5 Å². The molecule has 0 N–H and O–H groups in total. The third-order valence-electron chi connectivity index (χ3n) is 5.00. The maximum Gasteiger partial charge on any atom is 0.332 e. The van der Waals surface area contributed by atoms with E-state index < -0.39 is 21.1 Å². The summed E-state index contributed by atoms with van der Waals surface area (Å²) in [6, 6.07) is 7.40. The predicted octanol–water partition coefficient (Wildman–Crippen LogP) is 1.43. The lowest BCUT2D eigenvalue weighted by Crippen LogP contribution is -2.38. The number of sulfone groups is 1. The molecule has 10 heteroatoms. The Balaban J connectivity index is 1.94. The van der Waals surface area contributed by atoms with E-state index in [9.17, 15) is 18.0 Å². The van der Waals surface area contributed by atoms with Crippen LogP contribution in [0.25, 0.3) is 11.2 Å². The van der Waals surface area contributed by atoms with Crippen LogP contribution in [0.3, 0.4) is 0 Å². The summed E-state index contributed by atoms with van der Waals surface area (Å²) >= 11 is 3.37. The Labute approximate surface area is 169 Å². The van der Waals surface area contributed by atoms with Gasteiger partial charge >= 0.3 is 5.69 Å². The third kappa shape index (κ3) is 3.24. The van der Waals surface area contributed by atoms with Crippen LogP contribution in [0.4, 0.5) is 0 Å². The van der Waals surface area contributed by atoms with Crippen LogP contribution in [0.1, 0.15) is 18.4 Å². The number of benzene rings is 1. The van der Waals surface area contributed by atoms with Crippen LogP contribution < -0.4 is 11.2 Å². The van der Waals surface area contributed by atoms with Crippen LogP contribution in [0.5, 0.6) is 0 Å². The van der Waals surface area contributed by atoms with Crippen molar-refractivity contribution in [2.45, 2.75) is 24.5 Å². The highest BCUT2D eigenvalue weighted by Crippen LogP contribution is 2.32. The van der Waals surface area contributed by atoms with Gasteiger partial charge in [0.1, 0.15) is 0 Å². The zero-order chi connectivity index (χ0) is 20.2. The molecule has 0 unspecified atom stereocenters. The summed E-state index contributed by atoms with van der Waals surface area (Å²) in [6.07, 6.45) is 1.78. The predicted molar refractivity (Wildman–Crippen MR) is 108 cm³/mol. The summed E-state index contributed by atoms with van der Waals surface area (Å²) in [6.45, 7) is 0.176. The Morgan fingerprint density at radius 1 is 1.11 bits per heavy atom. The second-order valence-electron chi connectivity index (χ2n) is 7.21. The van der Waals surface area contributed by atoms with E-state index in [-0.39, 0.29) is 34.5 Å². The van der Waals surface area contributed by atoms with Gasteiger partial charge in [-0.3, -0.25) is 13.9 Å². The monoisotopic (exact) mass is 466 g/mol. The zero-order valence-corrected chi connectivity index (χ0v) is 17.8. The smallest absolute Gasteiger partial charge is 0.312 e. The Kier molecular flexibility index (Phi) is 4.58. The molecule has 1 aliphatic rings. The maximum atomic E-state index is 12.8. The number of hydrogen-bond donors (Lipinski definition) is 0. The fraction of sp³-hybridized carbons (Fsp3) is 0.389. The van der Waals surface area contributed by atoms with Crippen LogP contribution in [-0.2, 0) is 30.5 Å². The van der Waals surface area contributed by atoms with E-state index in [0.717, 1.165) is 27.4 Å². The van der Waals surface area contributed by atoms with Crippen LogP contribution >= 0.6 is 15.9 Å². The summed E-state index contributed by atoms with van der Waals surface area (Å²) in [7, 11) is -0.758. The van der Waals surface area contributed by atoms with Gasteiger partial charge in [0.05, 0.1) is 12.3 Å². The van der Waals surface area contributed by atoms with Crippen molar-refractivity contribution in [1.29, 1.82) is 0 Å². The molecular weight excluding hydrogens is 448 g/mol. The molecule has 28 heavy (non-hydrogen) atoms. The molecule has 2 aromatic heterocycles. The van der Waals surface area contributed by atoms with Gasteiger partial charge in [0, 0.05) is 18.6 Å². The number of aromatic nitrogens is 4. The number of aryl methyl sites for hydroxylation is 1. The summed E-state index contributed by atoms with van der Waals surface area (Å²) in [4.78, 5) is 29.7. The molecule has 8 nitrogen and oxygen atoms in total. The fourth-order valence-corrected chi connectivity index (χ4v) is 5.37. The van der Waals surface area contributed by atoms with Gasteiger partial charge in [0.15, 0.2) is 11.2 Å². The number of nitrogens with zero attached hydrogens (tertiary/aromatic N) is 4. The van der Waals surface area contributed by atoms with E-state index in [1.165, 1.54) is 23.2 Å². The van der Waals surface area contributed by atoms with Gasteiger partial charge in [-0.15, -0.1) is 0 Å².